The molecule has 0 aliphatic rings. The Balaban J connectivity index is 2.46. The van der Waals surface area contributed by atoms with Gasteiger partial charge >= 0.3 is 12.1 Å². The summed E-state index contributed by atoms with van der Waals surface area (Å²) in [5.74, 6) is -0.0890. The Labute approximate surface area is 112 Å². The Morgan fingerprint density at radius 3 is 2.26 bits per heavy atom. The van der Waals surface area contributed by atoms with Gasteiger partial charge < -0.3 is 14.8 Å². The molecule has 0 heterocycles. The molecule has 0 spiro atoms. The number of carbonyl (C=O) groups is 2. The normalized spacial score (nSPS) is 12.4. The molecule has 0 radical (unpaired) electrons. The van der Waals surface area contributed by atoms with Crippen molar-refractivity contribution in [1.82, 2.24) is 5.32 Å². The molecule has 1 atom stereocenters. The first-order valence-electron chi connectivity index (χ1n) is 6.04. The first-order chi connectivity index (χ1) is 8.78. The van der Waals surface area contributed by atoms with Crippen LogP contribution in [0.5, 0.6) is 5.75 Å². The molecule has 19 heavy (non-hydrogen) atoms. The van der Waals surface area contributed by atoms with Crippen molar-refractivity contribution in [3.8, 4) is 5.75 Å². The number of nitrogens with one attached hydrogen (secondary N) is 1. The fraction of sp³-hybridized carbons (Fsp3) is 0.429. The van der Waals surface area contributed by atoms with Gasteiger partial charge in [0.05, 0.1) is 0 Å². The van der Waals surface area contributed by atoms with Crippen molar-refractivity contribution >= 4 is 12.1 Å². The van der Waals surface area contributed by atoms with Crippen molar-refractivity contribution in [2.24, 2.45) is 0 Å². The summed E-state index contributed by atoms with van der Waals surface area (Å²) in [6.45, 7) is 6.83. The van der Waals surface area contributed by atoms with Gasteiger partial charge in [0.15, 0.2) is 0 Å². The lowest BCUT2D eigenvalue weighted by Gasteiger charge is -2.22. The summed E-state index contributed by atoms with van der Waals surface area (Å²) < 4.78 is 10.1. The Kier molecular flexibility index (Phi) is 4.92. The molecule has 0 unspecified atom stereocenters. The third-order valence-corrected chi connectivity index (χ3v) is 2.05. The zero-order chi connectivity index (χ0) is 14.5. The van der Waals surface area contributed by atoms with E-state index in [-0.39, 0.29) is 0 Å². The van der Waals surface area contributed by atoms with E-state index in [1.54, 1.807) is 52.0 Å². The molecule has 104 valence electrons. The number of carbonyl (C=O) groups excluding carboxylic acids is 2. The fourth-order valence-electron chi connectivity index (χ4n) is 1.25. The van der Waals surface area contributed by atoms with Crippen LogP contribution in [0.25, 0.3) is 0 Å². The monoisotopic (exact) mass is 265 g/mol. The van der Waals surface area contributed by atoms with Crippen molar-refractivity contribution in [2.75, 3.05) is 0 Å². The van der Waals surface area contributed by atoms with E-state index >= 15 is 0 Å². The number of para-hydroxylation sites is 1. The lowest BCUT2D eigenvalue weighted by molar-refractivity contribution is -0.156. The molecule has 5 heteroatoms. The lowest BCUT2D eigenvalue weighted by Crippen LogP contribution is -2.43. The van der Waals surface area contributed by atoms with E-state index in [1.165, 1.54) is 0 Å². The average molecular weight is 265 g/mol. The highest BCUT2D eigenvalue weighted by atomic mass is 16.6. The van der Waals surface area contributed by atoms with Crippen LogP contribution in [0.15, 0.2) is 30.3 Å². The standard InChI is InChI=1S/C14H19NO4/c1-10(12(16)19-14(2,3)4)15-13(17)18-11-8-6-5-7-9-11/h5-10H,1-4H3,(H,15,17)/t10-/m0/s1. The maximum atomic E-state index is 11.7. The quantitative estimate of drug-likeness (QED) is 0.853. The van der Waals surface area contributed by atoms with E-state index in [4.69, 9.17) is 9.47 Å². The first-order valence-corrected chi connectivity index (χ1v) is 6.04. The highest BCUT2D eigenvalue weighted by molar-refractivity contribution is 5.81. The molecule has 0 fully saturated rings. The summed E-state index contributed by atoms with van der Waals surface area (Å²) in [4.78, 5) is 23.2. The predicted octanol–water partition coefficient (Wildman–Crippen LogP) is 2.51. The number of benzene rings is 1. The number of esters is 1. The second-order valence-electron chi connectivity index (χ2n) is 5.10. The molecule has 0 aliphatic carbocycles. The molecule has 0 saturated heterocycles. The number of ether oxygens (including phenoxy) is 2. The Morgan fingerprint density at radius 1 is 1.16 bits per heavy atom. The SMILES string of the molecule is C[C@H](NC(=O)Oc1ccccc1)C(=O)OC(C)(C)C. The van der Waals surface area contributed by atoms with Crippen molar-refractivity contribution < 1.29 is 19.1 Å². The molecule has 0 aromatic heterocycles. The van der Waals surface area contributed by atoms with Crippen LogP contribution in [0, 0.1) is 0 Å². The van der Waals surface area contributed by atoms with Gasteiger partial charge in [-0.25, -0.2) is 9.59 Å². The molecular formula is C14H19NO4. The van der Waals surface area contributed by atoms with Crippen LogP contribution in [-0.4, -0.2) is 23.7 Å². The van der Waals surface area contributed by atoms with Crippen LogP contribution < -0.4 is 10.1 Å². The molecule has 0 aliphatic heterocycles. The van der Waals surface area contributed by atoms with Crippen LogP contribution in [-0.2, 0) is 9.53 Å². The molecular weight excluding hydrogens is 246 g/mol. The second kappa shape index (κ2) is 6.22. The third-order valence-electron chi connectivity index (χ3n) is 2.05. The molecule has 0 bridgehead atoms. The lowest BCUT2D eigenvalue weighted by atomic mass is 10.2. The van der Waals surface area contributed by atoms with Crippen molar-refractivity contribution in [2.45, 2.75) is 39.3 Å². The van der Waals surface area contributed by atoms with Gasteiger partial charge in [0.25, 0.3) is 0 Å². The maximum absolute atomic E-state index is 11.7. The topological polar surface area (TPSA) is 64.6 Å². The van der Waals surface area contributed by atoms with E-state index in [1.807, 2.05) is 6.07 Å². The largest absolute Gasteiger partial charge is 0.458 e. The highest BCUT2D eigenvalue weighted by Gasteiger charge is 2.23. The highest BCUT2D eigenvalue weighted by Crippen LogP contribution is 2.10. The molecule has 1 rings (SSSR count). The number of hydrogen-bond donors (Lipinski definition) is 1. The van der Waals surface area contributed by atoms with Gasteiger partial charge in [0, 0.05) is 0 Å². The zero-order valence-electron chi connectivity index (χ0n) is 11.6. The summed E-state index contributed by atoms with van der Waals surface area (Å²) in [6.07, 6.45) is -0.690. The summed E-state index contributed by atoms with van der Waals surface area (Å²) in [5, 5.41) is 2.42. The predicted molar refractivity (Wildman–Crippen MR) is 70.9 cm³/mol. The van der Waals surface area contributed by atoms with E-state index in [9.17, 15) is 9.59 Å². The average Bonchev–Trinajstić information content (AvgIpc) is 2.27. The van der Waals surface area contributed by atoms with Crippen molar-refractivity contribution in [3.05, 3.63) is 30.3 Å². The van der Waals surface area contributed by atoms with Gasteiger partial charge in [-0.2, -0.15) is 0 Å². The molecule has 5 nitrogen and oxygen atoms in total. The van der Waals surface area contributed by atoms with Gasteiger partial charge in [-0.1, -0.05) is 18.2 Å². The summed E-state index contributed by atoms with van der Waals surface area (Å²) in [7, 11) is 0. The number of amides is 1. The summed E-state index contributed by atoms with van der Waals surface area (Å²) >= 11 is 0. The Morgan fingerprint density at radius 2 is 1.74 bits per heavy atom. The minimum Gasteiger partial charge on any atom is -0.458 e. The van der Waals surface area contributed by atoms with Crippen molar-refractivity contribution in [1.29, 1.82) is 0 Å². The second-order valence-corrected chi connectivity index (χ2v) is 5.10. The molecule has 0 saturated carbocycles. The van der Waals surface area contributed by atoms with E-state index in [0.717, 1.165) is 0 Å². The van der Waals surface area contributed by atoms with E-state index in [0.29, 0.717) is 5.75 Å². The third kappa shape index (κ3) is 5.90. The fourth-order valence-corrected chi connectivity index (χ4v) is 1.25. The minimum atomic E-state index is -0.768. The molecule has 1 aromatic carbocycles. The number of rotatable bonds is 3. The van der Waals surface area contributed by atoms with E-state index in [2.05, 4.69) is 5.32 Å². The van der Waals surface area contributed by atoms with Gasteiger partial charge in [-0.05, 0) is 39.8 Å². The van der Waals surface area contributed by atoms with Crippen LogP contribution >= 0.6 is 0 Å². The van der Waals surface area contributed by atoms with Gasteiger partial charge in [-0.3, -0.25) is 0 Å². The number of hydrogen-bond acceptors (Lipinski definition) is 4. The first kappa shape index (κ1) is 15.0. The van der Waals surface area contributed by atoms with Crippen LogP contribution in [0.4, 0.5) is 4.79 Å². The van der Waals surface area contributed by atoms with Crippen molar-refractivity contribution in [3.63, 3.8) is 0 Å². The summed E-state index contributed by atoms with van der Waals surface area (Å²) in [6, 6.07) is 7.85. The van der Waals surface area contributed by atoms with Gasteiger partial charge in [0.1, 0.15) is 17.4 Å². The van der Waals surface area contributed by atoms with Crippen LogP contribution in [0.1, 0.15) is 27.7 Å². The van der Waals surface area contributed by atoms with Crippen LogP contribution in [0.2, 0.25) is 0 Å². The van der Waals surface area contributed by atoms with E-state index < -0.39 is 23.7 Å². The van der Waals surface area contributed by atoms with Gasteiger partial charge in [0.2, 0.25) is 0 Å². The molecule has 1 amide bonds. The Hall–Kier alpha value is -2.04. The summed E-state index contributed by atoms with van der Waals surface area (Å²) in [5.41, 5.74) is -0.587. The Bertz CT molecular complexity index is 437. The minimum absolute atomic E-state index is 0.413. The van der Waals surface area contributed by atoms with Gasteiger partial charge in [-0.15, -0.1) is 0 Å². The molecule has 1 aromatic rings. The maximum Gasteiger partial charge on any atom is 0.413 e. The molecule has 1 N–H and O–H groups in total. The zero-order valence-corrected chi connectivity index (χ0v) is 11.6. The smallest absolute Gasteiger partial charge is 0.413 e. The van der Waals surface area contributed by atoms with Crippen LogP contribution in [0.3, 0.4) is 0 Å².